The van der Waals surface area contributed by atoms with E-state index < -0.39 is 6.04 Å². The third-order valence-corrected chi connectivity index (χ3v) is 17.3. The molecule has 18 rings (SSSR count). The monoisotopic (exact) mass is 1060 g/mol. The summed E-state index contributed by atoms with van der Waals surface area (Å²) in [4.78, 5) is 0. The topological polar surface area (TPSA) is 13.1 Å². The fourth-order valence-corrected chi connectivity index (χ4v) is 13.5. The summed E-state index contributed by atoms with van der Waals surface area (Å²) in [6.07, 6.45) is 0. The number of benzene rings is 17. The maximum absolute atomic E-state index is 8.90. The van der Waals surface area contributed by atoms with Gasteiger partial charge in [-0.15, -0.1) is 0 Å². The lowest BCUT2D eigenvalue weighted by Gasteiger charge is -2.18. The van der Waals surface area contributed by atoms with Crippen molar-refractivity contribution in [1.82, 2.24) is 0 Å². The minimum Gasteiger partial charge on any atom is -0.456 e. The molecule has 17 aromatic carbocycles. The van der Waals surface area contributed by atoms with Crippen LogP contribution in [0.25, 0.3) is 175 Å². The Hall–Kier alpha value is -10.9. The van der Waals surface area contributed by atoms with Gasteiger partial charge in [0.25, 0.3) is 0 Å². The molecular weight excluding hydrogens is 1000 g/mol. The van der Waals surface area contributed by atoms with Gasteiger partial charge in [0.2, 0.25) is 0 Å². The van der Waals surface area contributed by atoms with E-state index >= 15 is 0 Å². The van der Waals surface area contributed by atoms with Crippen LogP contribution < -0.4 is 0 Å². The fraction of sp³-hybridized carbons (Fsp3) is 0. The quantitative estimate of drug-likeness (QED) is 0.119. The lowest BCUT2D eigenvalue weighted by molar-refractivity contribution is 0.669. The second-order valence-corrected chi connectivity index (χ2v) is 21.8. The first-order chi connectivity index (χ1) is 43.2. The van der Waals surface area contributed by atoms with Crippen molar-refractivity contribution in [2.24, 2.45) is 0 Å². The first kappa shape index (κ1) is 42.1. The van der Waals surface area contributed by atoms with E-state index in [1.54, 1.807) is 0 Å². The van der Waals surface area contributed by atoms with Gasteiger partial charge >= 0.3 is 0 Å². The first-order valence-corrected chi connectivity index (χ1v) is 28.3. The molecule has 1 heteroatoms. The van der Waals surface area contributed by atoms with Crippen LogP contribution in [-0.2, 0) is 0 Å². The van der Waals surface area contributed by atoms with Crippen LogP contribution in [-0.4, -0.2) is 0 Å². The van der Waals surface area contributed by atoms with E-state index in [1.807, 2.05) is 24.3 Å². The molecule has 0 saturated carbocycles. The van der Waals surface area contributed by atoms with Crippen molar-refractivity contribution in [1.29, 1.82) is 0 Å². The number of hydrogen-bond donors (Lipinski definition) is 0. The van der Waals surface area contributed by atoms with E-state index in [-0.39, 0.29) is 29.7 Å². The molecule has 0 aliphatic heterocycles. The first-order valence-electron chi connectivity index (χ1n) is 30.8. The summed E-state index contributed by atoms with van der Waals surface area (Å²) in [6.45, 7) is 0. The Morgan fingerprint density at radius 1 is 0.217 bits per heavy atom. The van der Waals surface area contributed by atoms with Crippen LogP contribution in [0.4, 0.5) is 0 Å². The SMILES string of the molecule is [2H]c1c([2H])c([2H])c(-c2cc(-c3ccc4ccc5cccc6ccc3c4c56)cc(-c3ccc4ccc5cccc6ccc3c4c56)c2)c([2H])c1[2H].c1ccc(-c2ccc(-c3c4ccccc4c(-c4ccc5oc6ccccc6c5c4)c4ccccc34)cc2)cc1. The summed E-state index contributed by atoms with van der Waals surface area (Å²) < 4.78 is 49.1. The molecule has 0 aliphatic rings. The zero-order valence-electron chi connectivity index (χ0n) is 49.9. The van der Waals surface area contributed by atoms with Crippen LogP contribution in [0.5, 0.6) is 0 Å². The van der Waals surface area contributed by atoms with Gasteiger partial charge in [-0.05, 0) is 189 Å². The van der Waals surface area contributed by atoms with Crippen LogP contribution in [0.3, 0.4) is 0 Å². The number of para-hydroxylation sites is 1. The van der Waals surface area contributed by atoms with Crippen LogP contribution >= 0.6 is 0 Å². The lowest BCUT2D eigenvalue weighted by Crippen LogP contribution is -1.91. The highest BCUT2D eigenvalue weighted by atomic mass is 16.3. The average molecular weight is 1060 g/mol. The molecule has 384 valence electrons. The van der Waals surface area contributed by atoms with Gasteiger partial charge in [-0.2, -0.15) is 0 Å². The van der Waals surface area contributed by atoms with E-state index in [2.05, 4.69) is 249 Å². The summed E-state index contributed by atoms with van der Waals surface area (Å²) in [6, 6.07) is 95.6. The molecule has 1 aromatic heterocycles. The molecule has 0 amide bonds. The Labute approximate surface area is 486 Å². The maximum atomic E-state index is 8.90. The Kier molecular flexibility index (Phi) is 9.57. The lowest BCUT2D eigenvalue weighted by atomic mass is 9.85. The van der Waals surface area contributed by atoms with E-state index in [0.717, 1.165) is 65.7 Å². The van der Waals surface area contributed by atoms with Crippen LogP contribution in [0.1, 0.15) is 6.85 Å². The van der Waals surface area contributed by atoms with Gasteiger partial charge in [0.05, 0.1) is 6.85 Å². The molecule has 1 nitrogen and oxygen atoms in total. The van der Waals surface area contributed by atoms with E-state index in [9.17, 15) is 0 Å². The van der Waals surface area contributed by atoms with Crippen LogP contribution in [0.15, 0.2) is 308 Å². The molecule has 0 atom stereocenters. The van der Waals surface area contributed by atoms with Gasteiger partial charge in [-0.25, -0.2) is 0 Å². The number of hydrogen-bond acceptors (Lipinski definition) is 1. The molecule has 0 radical (unpaired) electrons. The standard InChI is InChI=1S/C44H26.C38H24O/c1-2-6-27(7-3-1)34-24-35(37-20-16-32-14-12-28-8-4-10-30-18-22-39(37)43(32)41(28)30)26-36(25-34)38-21-17-33-15-13-29-9-5-11-31-19-23-40(38)44(33)42(29)31;1-2-10-25(11-3-1)26-18-20-27(21-19-26)37-30-13-4-6-15-32(30)38(33-16-7-5-14-31(33)37)28-22-23-36-34(24-28)29-12-8-9-17-35(29)39-36/h1-26H;1-24H/i1D,2D,3D,6D,7D;. The molecule has 1 heterocycles. The van der Waals surface area contributed by atoms with Crippen molar-refractivity contribution < 1.29 is 11.3 Å². The summed E-state index contributed by atoms with van der Waals surface area (Å²) in [5.74, 6) is 0. The summed E-state index contributed by atoms with van der Waals surface area (Å²) >= 11 is 0. The third kappa shape index (κ3) is 7.63. The Morgan fingerprint density at radius 2 is 0.627 bits per heavy atom. The van der Waals surface area contributed by atoms with Crippen molar-refractivity contribution in [3.63, 3.8) is 0 Å². The molecule has 0 aliphatic carbocycles. The predicted octanol–water partition coefficient (Wildman–Crippen LogP) is 23.4. The molecule has 0 fully saturated rings. The summed E-state index contributed by atoms with van der Waals surface area (Å²) in [7, 11) is 0. The second-order valence-electron chi connectivity index (χ2n) is 21.8. The molecule has 18 aromatic rings. The smallest absolute Gasteiger partial charge is 0.135 e. The second kappa shape index (κ2) is 18.9. The van der Waals surface area contributed by atoms with Crippen LogP contribution in [0.2, 0.25) is 0 Å². The highest BCUT2D eigenvalue weighted by Crippen LogP contribution is 2.47. The predicted molar refractivity (Wildman–Crippen MR) is 355 cm³/mol. The number of fused-ring (bicyclic) bond motifs is 5. The van der Waals surface area contributed by atoms with Gasteiger partial charge in [-0.3, -0.25) is 0 Å². The highest BCUT2D eigenvalue weighted by molar-refractivity contribution is 6.28. The minimum absolute atomic E-state index is 0.199. The summed E-state index contributed by atoms with van der Waals surface area (Å²) in [5.41, 5.74) is 13.9. The van der Waals surface area contributed by atoms with E-state index in [1.165, 1.54) is 98.0 Å². The Bertz CT molecular complexity index is 5580. The van der Waals surface area contributed by atoms with Crippen molar-refractivity contribution in [3.05, 3.63) is 303 Å². The zero-order valence-corrected chi connectivity index (χ0v) is 44.9. The van der Waals surface area contributed by atoms with Crippen molar-refractivity contribution in [3.8, 4) is 66.8 Å². The molecule has 0 spiro atoms. The fourth-order valence-electron chi connectivity index (χ4n) is 13.5. The number of furan rings is 1. The Balaban J connectivity index is 0.000000140. The normalized spacial score (nSPS) is 12.7. The van der Waals surface area contributed by atoms with Crippen molar-refractivity contribution >= 4 is 108 Å². The molecular formula is C82H50O. The van der Waals surface area contributed by atoms with E-state index in [0.29, 0.717) is 5.56 Å². The molecule has 0 bridgehead atoms. The summed E-state index contributed by atoms with van der Waals surface area (Å²) in [5, 5.41) is 21.5. The van der Waals surface area contributed by atoms with Gasteiger partial charge in [-0.1, -0.05) is 267 Å². The average Bonchev–Trinajstić information content (AvgIpc) is 1.11. The van der Waals surface area contributed by atoms with Gasteiger partial charge in [0, 0.05) is 10.8 Å². The maximum Gasteiger partial charge on any atom is 0.135 e. The van der Waals surface area contributed by atoms with Crippen molar-refractivity contribution in [2.75, 3.05) is 0 Å². The third-order valence-electron chi connectivity index (χ3n) is 17.3. The largest absolute Gasteiger partial charge is 0.456 e. The minimum atomic E-state index is -0.395. The molecule has 83 heavy (non-hydrogen) atoms. The van der Waals surface area contributed by atoms with Crippen molar-refractivity contribution in [2.45, 2.75) is 0 Å². The van der Waals surface area contributed by atoms with Gasteiger partial charge in [0.15, 0.2) is 0 Å². The highest BCUT2D eigenvalue weighted by Gasteiger charge is 2.20. The van der Waals surface area contributed by atoms with E-state index in [4.69, 9.17) is 11.3 Å². The van der Waals surface area contributed by atoms with Crippen LogP contribution in [0, 0.1) is 0 Å². The Morgan fingerprint density at radius 3 is 1.18 bits per heavy atom. The molecule has 0 unspecified atom stereocenters. The zero-order chi connectivity index (χ0) is 58.9. The molecule has 0 N–H and O–H groups in total. The van der Waals surface area contributed by atoms with Gasteiger partial charge in [0.1, 0.15) is 11.2 Å². The number of rotatable bonds is 6. The van der Waals surface area contributed by atoms with Gasteiger partial charge < -0.3 is 4.42 Å². The molecule has 0 saturated heterocycles.